The monoisotopic (exact) mass is 425 g/mol. The zero-order valence-electron chi connectivity index (χ0n) is 16.6. The van der Waals surface area contributed by atoms with Crippen LogP contribution in [0.1, 0.15) is 30.7 Å². The minimum atomic E-state index is 0.0173. The number of carbonyl (C=O) groups excluding carboxylic acids is 1. The molecular formula is C22H24ClN5O2. The molecule has 1 fully saturated rings. The summed E-state index contributed by atoms with van der Waals surface area (Å²) in [6.07, 6.45) is 4.32. The van der Waals surface area contributed by atoms with Gasteiger partial charge in [-0.25, -0.2) is 0 Å². The number of amides is 1. The molecule has 0 atom stereocenters. The fraction of sp³-hybridized carbons (Fsp3) is 0.364. The number of rotatable bonds is 7. The summed E-state index contributed by atoms with van der Waals surface area (Å²) >= 11 is 5.95. The van der Waals surface area contributed by atoms with Crippen LogP contribution in [-0.2, 0) is 17.8 Å². The van der Waals surface area contributed by atoms with Gasteiger partial charge in [-0.05, 0) is 42.7 Å². The normalized spacial score (nSPS) is 15.2. The highest BCUT2D eigenvalue weighted by Crippen LogP contribution is 2.16. The van der Waals surface area contributed by atoms with Crippen molar-refractivity contribution in [3.05, 3.63) is 65.1 Å². The standard InChI is InChI=1S/C22H24ClN5O2/c23-17-6-4-16(5-7-17)15-28-13-10-18(11-14-28)25-20(29)8-9-21-26-22(27-30-21)19-3-1-2-12-24-19/h1-7,12,18H,8-11,13-15H2,(H,25,29). The summed E-state index contributed by atoms with van der Waals surface area (Å²) < 4.78 is 5.24. The predicted octanol–water partition coefficient (Wildman–Crippen LogP) is 3.50. The number of hydrogen-bond donors (Lipinski definition) is 1. The molecule has 1 aromatic carbocycles. The van der Waals surface area contributed by atoms with Crippen molar-refractivity contribution >= 4 is 17.5 Å². The van der Waals surface area contributed by atoms with Crippen molar-refractivity contribution in [3.63, 3.8) is 0 Å². The van der Waals surface area contributed by atoms with E-state index >= 15 is 0 Å². The molecule has 156 valence electrons. The molecule has 0 spiro atoms. The largest absolute Gasteiger partial charge is 0.353 e. The fourth-order valence-electron chi connectivity index (χ4n) is 3.56. The van der Waals surface area contributed by atoms with Gasteiger partial charge in [-0.15, -0.1) is 0 Å². The minimum absolute atomic E-state index is 0.0173. The summed E-state index contributed by atoms with van der Waals surface area (Å²) in [5.41, 5.74) is 1.91. The number of aromatic nitrogens is 3. The van der Waals surface area contributed by atoms with Gasteiger partial charge in [0.25, 0.3) is 0 Å². The van der Waals surface area contributed by atoms with Crippen molar-refractivity contribution in [2.24, 2.45) is 0 Å². The number of carbonyl (C=O) groups is 1. The maximum atomic E-state index is 12.3. The number of hydrogen-bond acceptors (Lipinski definition) is 6. The lowest BCUT2D eigenvalue weighted by Crippen LogP contribution is -2.44. The summed E-state index contributed by atoms with van der Waals surface area (Å²) in [6.45, 7) is 2.84. The molecule has 0 saturated carbocycles. The van der Waals surface area contributed by atoms with Gasteiger partial charge in [0.2, 0.25) is 17.6 Å². The highest BCUT2D eigenvalue weighted by molar-refractivity contribution is 6.30. The topological polar surface area (TPSA) is 84.1 Å². The van der Waals surface area contributed by atoms with Crippen molar-refractivity contribution in [2.45, 2.75) is 38.3 Å². The van der Waals surface area contributed by atoms with Crippen LogP contribution in [0.3, 0.4) is 0 Å². The quantitative estimate of drug-likeness (QED) is 0.623. The summed E-state index contributed by atoms with van der Waals surface area (Å²) in [7, 11) is 0. The van der Waals surface area contributed by atoms with Crippen LogP contribution >= 0.6 is 11.6 Å². The maximum Gasteiger partial charge on any atom is 0.227 e. The molecule has 0 aliphatic carbocycles. The molecular weight excluding hydrogens is 402 g/mol. The van der Waals surface area contributed by atoms with Crippen LogP contribution < -0.4 is 5.32 Å². The molecule has 0 bridgehead atoms. The Morgan fingerprint density at radius 3 is 2.70 bits per heavy atom. The number of nitrogens with zero attached hydrogens (tertiary/aromatic N) is 4. The smallest absolute Gasteiger partial charge is 0.227 e. The molecule has 1 saturated heterocycles. The molecule has 3 heterocycles. The van der Waals surface area contributed by atoms with E-state index in [1.807, 2.05) is 30.3 Å². The molecule has 0 unspecified atom stereocenters. The molecule has 1 aliphatic rings. The van der Waals surface area contributed by atoms with Crippen LogP contribution in [0, 0.1) is 0 Å². The number of likely N-dealkylation sites (tertiary alicyclic amines) is 1. The second-order valence-corrected chi connectivity index (χ2v) is 7.91. The predicted molar refractivity (Wildman–Crippen MR) is 114 cm³/mol. The molecule has 2 aromatic heterocycles. The lowest BCUT2D eigenvalue weighted by Gasteiger charge is -2.32. The average molecular weight is 426 g/mol. The first-order valence-electron chi connectivity index (χ1n) is 10.2. The number of piperidine rings is 1. The van der Waals surface area contributed by atoms with E-state index in [4.69, 9.17) is 16.1 Å². The lowest BCUT2D eigenvalue weighted by molar-refractivity contribution is -0.122. The van der Waals surface area contributed by atoms with Crippen LogP contribution in [-0.4, -0.2) is 45.1 Å². The Balaban J connectivity index is 1.18. The molecule has 3 aromatic rings. The Morgan fingerprint density at radius 2 is 1.97 bits per heavy atom. The van der Waals surface area contributed by atoms with Crippen molar-refractivity contribution in [2.75, 3.05) is 13.1 Å². The zero-order chi connectivity index (χ0) is 20.8. The van der Waals surface area contributed by atoms with Gasteiger partial charge >= 0.3 is 0 Å². The van der Waals surface area contributed by atoms with Crippen LogP contribution in [0.15, 0.2) is 53.2 Å². The minimum Gasteiger partial charge on any atom is -0.353 e. The van der Waals surface area contributed by atoms with Crippen LogP contribution in [0.5, 0.6) is 0 Å². The molecule has 0 radical (unpaired) electrons. The zero-order valence-corrected chi connectivity index (χ0v) is 17.4. The first-order valence-corrected chi connectivity index (χ1v) is 10.5. The molecule has 1 N–H and O–H groups in total. The Labute approximate surface area is 180 Å². The fourth-order valence-corrected chi connectivity index (χ4v) is 3.69. The Hall–Kier alpha value is -2.77. The Morgan fingerprint density at radius 1 is 1.17 bits per heavy atom. The van der Waals surface area contributed by atoms with E-state index in [1.165, 1.54) is 5.56 Å². The third-order valence-electron chi connectivity index (χ3n) is 5.20. The van der Waals surface area contributed by atoms with E-state index in [0.717, 1.165) is 37.5 Å². The van der Waals surface area contributed by atoms with E-state index in [0.29, 0.717) is 30.3 Å². The third kappa shape index (κ3) is 5.64. The number of nitrogens with one attached hydrogen (secondary N) is 1. The van der Waals surface area contributed by atoms with Crippen LogP contribution in [0.4, 0.5) is 0 Å². The van der Waals surface area contributed by atoms with Crippen molar-refractivity contribution < 1.29 is 9.32 Å². The average Bonchev–Trinajstić information content (AvgIpc) is 3.25. The number of aryl methyl sites for hydroxylation is 1. The van der Waals surface area contributed by atoms with E-state index in [-0.39, 0.29) is 11.9 Å². The SMILES string of the molecule is O=C(CCc1nc(-c2ccccn2)no1)NC1CCN(Cc2ccc(Cl)cc2)CC1. The highest BCUT2D eigenvalue weighted by atomic mass is 35.5. The summed E-state index contributed by atoms with van der Waals surface area (Å²) in [5, 5.41) is 7.83. The molecule has 1 aliphatic heterocycles. The van der Waals surface area contributed by atoms with Crippen LogP contribution in [0.2, 0.25) is 5.02 Å². The van der Waals surface area contributed by atoms with Gasteiger partial charge in [0.15, 0.2) is 0 Å². The molecule has 1 amide bonds. The third-order valence-corrected chi connectivity index (χ3v) is 5.45. The number of halogens is 1. The molecule has 7 nitrogen and oxygen atoms in total. The van der Waals surface area contributed by atoms with Gasteiger partial charge < -0.3 is 9.84 Å². The second kappa shape index (κ2) is 9.82. The first-order chi connectivity index (χ1) is 14.7. The Kier molecular flexibility index (Phi) is 6.71. The van der Waals surface area contributed by atoms with Gasteiger partial charge in [0, 0.05) is 49.7 Å². The summed E-state index contributed by atoms with van der Waals surface area (Å²) in [4.78, 5) is 23.2. The van der Waals surface area contributed by atoms with Crippen molar-refractivity contribution in [1.29, 1.82) is 0 Å². The van der Waals surface area contributed by atoms with Crippen LogP contribution in [0.25, 0.3) is 11.5 Å². The Bertz CT molecular complexity index is 953. The highest BCUT2D eigenvalue weighted by Gasteiger charge is 2.21. The number of pyridine rings is 1. The van der Waals surface area contributed by atoms with Gasteiger partial charge in [0.1, 0.15) is 5.69 Å². The van der Waals surface area contributed by atoms with E-state index in [1.54, 1.807) is 6.20 Å². The summed E-state index contributed by atoms with van der Waals surface area (Å²) in [5.74, 6) is 0.909. The van der Waals surface area contributed by atoms with Gasteiger partial charge in [-0.1, -0.05) is 35.0 Å². The van der Waals surface area contributed by atoms with Gasteiger partial charge in [0.05, 0.1) is 0 Å². The van der Waals surface area contributed by atoms with Gasteiger partial charge in [-0.3, -0.25) is 14.7 Å². The first kappa shape index (κ1) is 20.5. The van der Waals surface area contributed by atoms with Crippen molar-refractivity contribution in [3.8, 4) is 11.5 Å². The lowest BCUT2D eigenvalue weighted by atomic mass is 10.0. The van der Waals surface area contributed by atoms with E-state index in [9.17, 15) is 4.79 Å². The van der Waals surface area contributed by atoms with E-state index in [2.05, 4.69) is 37.5 Å². The summed E-state index contributed by atoms with van der Waals surface area (Å²) in [6, 6.07) is 13.7. The van der Waals surface area contributed by atoms with E-state index < -0.39 is 0 Å². The van der Waals surface area contributed by atoms with Gasteiger partial charge in [-0.2, -0.15) is 4.98 Å². The molecule has 8 heteroatoms. The molecule has 30 heavy (non-hydrogen) atoms. The number of benzene rings is 1. The van der Waals surface area contributed by atoms with Crippen molar-refractivity contribution in [1.82, 2.24) is 25.3 Å². The molecule has 4 rings (SSSR count). The second-order valence-electron chi connectivity index (χ2n) is 7.47. The maximum absolute atomic E-state index is 12.3.